The average Bonchev–Trinajstić information content (AvgIpc) is 2.81. The number of nitrogens with zero attached hydrogens (tertiary/aromatic N) is 1. The number of aryl methyl sites for hydroxylation is 2. The molecule has 1 aliphatic rings. The highest BCUT2D eigenvalue weighted by Crippen LogP contribution is 2.46. The summed E-state index contributed by atoms with van der Waals surface area (Å²) in [6, 6.07) is 0. The van der Waals surface area contributed by atoms with E-state index in [9.17, 15) is 0 Å². The van der Waals surface area contributed by atoms with Crippen LogP contribution in [0.25, 0.3) is 10.6 Å². The highest BCUT2D eigenvalue weighted by atomic mass is 32.1. The van der Waals surface area contributed by atoms with Gasteiger partial charge in [-0.1, -0.05) is 0 Å². The van der Waals surface area contributed by atoms with Crippen LogP contribution in [-0.2, 0) is 0 Å². The summed E-state index contributed by atoms with van der Waals surface area (Å²) in [5.41, 5.74) is 1.04. The highest BCUT2D eigenvalue weighted by molar-refractivity contribution is 7.15. The summed E-state index contributed by atoms with van der Waals surface area (Å²) in [5.74, 6) is 1.72. The third-order valence-electron chi connectivity index (χ3n) is 2.42. The lowest BCUT2D eigenvalue weighted by Gasteiger charge is -2.15. The molecule has 0 fully saturated rings. The van der Waals surface area contributed by atoms with Crippen LogP contribution in [0, 0.1) is 13.8 Å². The predicted molar refractivity (Wildman–Crippen MR) is 65.9 cm³/mol. The van der Waals surface area contributed by atoms with Crippen LogP contribution in [0.1, 0.15) is 9.88 Å². The lowest BCUT2D eigenvalue weighted by molar-refractivity contribution is 0.174. The molecule has 2 aromatic rings. The molecule has 1 aliphatic heterocycles. The summed E-state index contributed by atoms with van der Waals surface area (Å²) in [6.45, 7) is 5.38. The average molecular weight is 253 g/mol. The van der Waals surface area contributed by atoms with E-state index >= 15 is 0 Å². The van der Waals surface area contributed by atoms with Gasteiger partial charge in [0.05, 0.1) is 15.6 Å². The second kappa shape index (κ2) is 3.75. The minimum absolute atomic E-state index is 0.624. The van der Waals surface area contributed by atoms with Crippen molar-refractivity contribution in [2.45, 2.75) is 13.8 Å². The van der Waals surface area contributed by atoms with Crippen molar-refractivity contribution in [2.24, 2.45) is 0 Å². The zero-order valence-corrected chi connectivity index (χ0v) is 10.7. The molecule has 0 unspecified atom stereocenters. The number of ether oxygens (including phenoxy) is 2. The number of thiazole rings is 1. The monoisotopic (exact) mass is 253 g/mol. The smallest absolute Gasteiger partial charge is 0.181 e. The standard InChI is InChI=1S/C11H11NO2S2/c1-6-9(12-7(2)16-6)11-10-8(5-15-11)13-3-4-14-10/h5H,3-4H2,1-2H3. The molecule has 3 rings (SSSR count). The van der Waals surface area contributed by atoms with E-state index in [1.807, 2.05) is 12.3 Å². The van der Waals surface area contributed by atoms with E-state index in [-0.39, 0.29) is 0 Å². The molecule has 0 aromatic carbocycles. The SMILES string of the molecule is Cc1nc(-c2scc3c2OCCO3)c(C)s1. The van der Waals surface area contributed by atoms with Gasteiger partial charge in [-0.25, -0.2) is 4.98 Å². The minimum Gasteiger partial charge on any atom is -0.485 e. The van der Waals surface area contributed by atoms with Gasteiger partial charge in [-0.05, 0) is 13.8 Å². The molecule has 5 heteroatoms. The van der Waals surface area contributed by atoms with E-state index in [0.29, 0.717) is 13.2 Å². The zero-order valence-electron chi connectivity index (χ0n) is 9.07. The van der Waals surface area contributed by atoms with E-state index in [2.05, 4.69) is 11.9 Å². The maximum atomic E-state index is 5.66. The van der Waals surface area contributed by atoms with E-state index in [1.54, 1.807) is 22.7 Å². The van der Waals surface area contributed by atoms with Crippen LogP contribution < -0.4 is 9.47 Å². The molecule has 0 bridgehead atoms. The number of hydrogen-bond acceptors (Lipinski definition) is 5. The summed E-state index contributed by atoms with van der Waals surface area (Å²) in [6.07, 6.45) is 0. The van der Waals surface area contributed by atoms with E-state index < -0.39 is 0 Å². The topological polar surface area (TPSA) is 31.4 Å². The Labute approximate surface area is 102 Å². The Hall–Kier alpha value is -1.07. The van der Waals surface area contributed by atoms with Crippen LogP contribution in [0.3, 0.4) is 0 Å². The van der Waals surface area contributed by atoms with Crippen molar-refractivity contribution in [2.75, 3.05) is 13.2 Å². The number of aromatic nitrogens is 1. The van der Waals surface area contributed by atoms with Gasteiger partial charge in [0, 0.05) is 10.3 Å². The van der Waals surface area contributed by atoms with Crippen LogP contribution in [0.15, 0.2) is 5.38 Å². The van der Waals surface area contributed by atoms with Crippen molar-refractivity contribution >= 4 is 22.7 Å². The van der Waals surface area contributed by atoms with Crippen LogP contribution in [-0.4, -0.2) is 18.2 Å². The van der Waals surface area contributed by atoms with Crippen molar-refractivity contribution in [3.63, 3.8) is 0 Å². The first-order chi connectivity index (χ1) is 7.75. The van der Waals surface area contributed by atoms with Gasteiger partial charge in [0.25, 0.3) is 0 Å². The second-order valence-corrected chi connectivity index (χ2v) is 5.88. The van der Waals surface area contributed by atoms with Crippen LogP contribution in [0.2, 0.25) is 0 Å². The van der Waals surface area contributed by atoms with Gasteiger partial charge >= 0.3 is 0 Å². The summed E-state index contributed by atoms with van der Waals surface area (Å²) in [4.78, 5) is 6.88. The normalized spacial score (nSPS) is 14.1. The van der Waals surface area contributed by atoms with Gasteiger partial charge < -0.3 is 9.47 Å². The first kappa shape index (κ1) is 10.1. The molecule has 3 heterocycles. The molecular weight excluding hydrogens is 242 g/mol. The molecule has 2 aromatic heterocycles. The fourth-order valence-electron chi connectivity index (χ4n) is 1.77. The summed E-state index contributed by atoms with van der Waals surface area (Å²) < 4.78 is 11.2. The quantitative estimate of drug-likeness (QED) is 0.781. The van der Waals surface area contributed by atoms with Crippen molar-refractivity contribution in [3.8, 4) is 22.1 Å². The van der Waals surface area contributed by atoms with Crippen LogP contribution in [0.5, 0.6) is 11.5 Å². The molecule has 0 aliphatic carbocycles. The number of hydrogen-bond donors (Lipinski definition) is 0. The van der Waals surface area contributed by atoms with Gasteiger partial charge in [0.2, 0.25) is 0 Å². The number of fused-ring (bicyclic) bond motifs is 1. The van der Waals surface area contributed by atoms with Crippen molar-refractivity contribution in [1.82, 2.24) is 4.98 Å². The van der Waals surface area contributed by atoms with E-state index in [0.717, 1.165) is 27.1 Å². The Morgan fingerprint density at radius 2 is 2.06 bits per heavy atom. The van der Waals surface area contributed by atoms with E-state index in [1.165, 1.54) is 4.88 Å². The van der Waals surface area contributed by atoms with Crippen molar-refractivity contribution in [1.29, 1.82) is 0 Å². The molecule has 0 saturated carbocycles. The first-order valence-corrected chi connectivity index (χ1v) is 6.77. The van der Waals surface area contributed by atoms with Gasteiger partial charge in [0.1, 0.15) is 13.2 Å². The lowest BCUT2D eigenvalue weighted by atomic mass is 10.3. The van der Waals surface area contributed by atoms with Crippen molar-refractivity contribution < 1.29 is 9.47 Å². The summed E-state index contributed by atoms with van der Waals surface area (Å²) in [5, 5.41) is 3.09. The third kappa shape index (κ3) is 1.51. The molecular formula is C11H11NO2S2. The van der Waals surface area contributed by atoms with Gasteiger partial charge in [0.15, 0.2) is 11.5 Å². The summed E-state index contributed by atoms with van der Waals surface area (Å²) >= 11 is 3.36. The van der Waals surface area contributed by atoms with E-state index in [4.69, 9.17) is 9.47 Å². The fourth-order valence-corrected chi connectivity index (χ4v) is 3.63. The Morgan fingerprint density at radius 1 is 1.25 bits per heavy atom. The minimum atomic E-state index is 0.624. The maximum absolute atomic E-state index is 5.66. The van der Waals surface area contributed by atoms with Gasteiger partial charge in [-0.15, -0.1) is 22.7 Å². The number of thiophene rings is 1. The highest BCUT2D eigenvalue weighted by Gasteiger charge is 2.22. The molecule has 0 saturated heterocycles. The molecule has 84 valence electrons. The molecule has 0 amide bonds. The fraction of sp³-hybridized carbons (Fsp3) is 0.364. The largest absolute Gasteiger partial charge is 0.485 e. The molecule has 0 spiro atoms. The Morgan fingerprint density at radius 3 is 2.81 bits per heavy atom. The Bertz CT molecular complexity index is 530. The van der Waals surface area contributed by atoms with Crippen molar-refractivity contribution in [3.05, 3.63) is 15.3 Å². The molecule has 16 heavy (non-hydrogen) atoms. The lowest BCUT2D eigenvalue weighted by Crippen LogP contribution is -2.14. The molecule has 0 atom stereocenters. The Kier molecular flexibility index (Phi) is 2.37. The first-order valence-electron chi connectivity index (χ1n) is 5.07. The van der Waals surface area contributed by atoms with Gasteiger partial charge in [-0.2, -0.15) is 0 Å². The molecule has 0 N–H and O–H groups in total. The molecule has 3 nitrogen and oxygen atoms in total. The van der Waals surface area contributed by atoms with Gasteiger partial charge in [-0.3, -0.25) is 0 Å². The predicted octanol–water partition coefficient (Wildman–Crippen LogP) is 3.26. The Balaban J connectivity index is 2.13. The number of rotatable bonds is 1. The third-order valence-corrected chi connectivity index (χ3v) is 4.25. The second-order valence-electron chi connectivity index (χ2n) is 3.59. The zero-order chi connectivity index (χ0) is 11.1. The molecule has 0 radical (unpaired) electrons. The van der Waals surface area contributed by atoms with Crippen LogP contribution in [0.4, 0.5) is 0 Å². The van der Waals surface area contributed by atoms with Crippen LogP contribution >= 0.6 is 22.7 Å². The summed E-state index contributed by atoms with van der Waals surface area (Å²) in [7, 11) is 0. The maximum Gasteiger partial charge on any atom is 0.181 e.